The molecule has 1 N–H and O–H groups in total. The molecule has 0 unspecified atom stereocenters. The van der Waals surface area contributed by atoms with E-state index in [4.69, 9.17) is 9.47 Å². The zero-order valence-electron chi connectivity index (χ0n) is 13.2. The minimum absolute atomic E-state index is 0.0705. The molecule has 2 aromatic rings. The van der Waals surface area contributed by atoms with E-state index in [9.17, 15) is 14.9 Å². The fourth-order valence-corrected chi connectivity index (χ4v) is 1.90. The molecule has 0 saturated carbocycles. The predicted octanol–water partition coefficient (Wildman–Crippen LogP) is 2.43. The van der Waals surface area contributed by atoms with Crippen molar-refractivity contribution in [3.63, 3.8) is 0 Å². The van der Waals surface area contributed by atoms with Crippen LogP contribution in [0.4, 0.5) is 11.4 Å². The third-order valence-corrected chi connectivity index (χ3v) is 2.88. The first-order chi connectivity index (χ1) is 11.6. The van der Waals surface area contributed by atoms with Crippen molar-refractivity contribution in [3.8, 4) is 11.9 Å². The second-order valence-electron chi connectivity index (χ2n) is 4.47. The summed E-state index contributed by atoms with van der Waals surface area (Å²) in [7, 11) is 0. The molecule has 9 nitrogen and oxygen atoms in total. The van der Waals surface area contributed by atoms with Crippen LogP contribution in [0.1, 0.15) is 24.2 Å². The van der Waals surface area contributed by atoms with Crippen LogP contribution in [0.5, 0.6) is 11.9 Å². The number of carbonyl (C=O) groups is 1. The van der Waals surface area contributed by atoms with Crippen LogP contribution in [-0.2, 0) is 0 Å². The molecular weight excluding hydrogens is 316 g/mol. The molecule has 1 amide bonds. The van der Waals surface area contributed by atoms with Crippen molar-refractivity contribution in [2.24, 2.45) is 0 Å². The minimum atomic E-state index is -0.656. The monoisotopic (exact) mass is 332 g/mol. The molecule has 126 valence electrons. The number of nitro benzene ring substituents is 1. The lowest BCUT2D eigenvalue weighted by molar-refractivity contribution is -0.385. The number of benzene rings is 1. The average Bonchev–Trinajstić information content (AvgIpc) is 2.57. The summed E-state index contributed by atoms with van der Waals surface area (Å²) >= 11 is 0. The van der Waals surface area contributed by atoms with Crippen LogP contribution in [0.3, 0.4) is 0 Å². The summed E-state index contributed by atoms with van der Waals surface area (Å²) in [5.41, 5.74) is -0.165. The highest BCUT2D eigenvalue weighted by atomic mass is 16.6. The van der Waals surface area contributed by atoms with Gasteiger partial charge in [0.2, 0.25) is 5.88 Å². The van der Waals surface area contributed by atoms with Crippen LogP contribution in [0.2, 0.25) is 0 Å². The van der Waals surface area contributed by atoms with Gasteiger partial charge in [0.1, 0.15) is 11.3 Å². The normalized spacial score (nSPS) is 10.1. The van der Waals surface area contributed by atoms with E-state index in [1.165, 1.54) is 24.4 Å². The number of hydrogen-bond acceptors (Lipinski definition) is 7. The number of nitrogens with zero attached hydrogens (tertiary/aromatic N) is 3. The molecule has 0 aliphatic heterocycles. The lowest BCUT2D eigenvalue weighted by Gasteiger charge is -2.11. The molecule has 0 bridgehead atoms. The second-order valence-corrected chi connectivity index (χ2v) is 4.47. The molecule has 0 radical (unpaired) electrons. The summed E-state index contributed by atoms with van der Waals surface area (Å²) in [6.45, 7) is 4.24. The summed E-state index contributed by atoms with van der Waals surface area (Å²) < 4.78 is 10.5. The van der Waals surface area contributed by atoms with Gasteiger partial charge >= 0.3 is 6.01 Å². The maximum atomic E-state index is 12.3. The lowest BCUT2D eigenvalue weighted by atomic mass is 10.1. The van der Waals surface area contributed by atoms with Crippen LogP contribution >= 0.6 is 0 Å². The van der Waals surface area contributed by atoms with Gasteiger partial charge in [-0.3, -0.25) is 14.9 Å². The minimum Gasteiger partial charge on any atom is -0.476 e. The maximum absolute atomic E-state index is 12.3. The fourth-order valence-electron chi connectivity index (χ4n) is 1.90. The van der Waals surface area contributed by atoms with Crippen LogP contribution < -0.4 is 14.8 Å². The first-order valence-corrected chi connectivity index (χ1v) is 7.24. The second kappa shape index (κ2) is 7.86. The van der Waals surface area contributed by atoms with E-state index >= 15 is 0 Å². The Morgan fingerprint density at radius 1 is 1.25 bits per heavy atom. The highest BCUT2D eigenvalue weighted by Gasteiger charge is 2.21. The lowest BCUT2D eigenvalue weighted by Crippen LogP contribution is -2.15. The highest BCUT2D eigenvalue weighted by Crippen LogP contribution is 2.25. The van der Waals surface area contributed by atoms with Crippen molar-refractivity contribution >= 4 is 17.3 Å². The first-order valence-electron chi connectivity index (χ1n) is 7.24. The van der Waals surface area contributed by atoms with Crippen molar-refractivity contribution in [1.29, 1.82) is 0 Å². The Hall–Kier alpha value is -3.23. The quantitative estimate of drug-likeness (QED) is 0.611. The molecule has 1 aromatic heterocycles. The van der Waals surface area contributed by atoms with Crippen molar-refractivity contribution in [3.05, 3.63) is 46.1 Å². The Morgan fingerprint density at radius 3 is 2.62 bits per heavy atom. The van der Waals surface area contributed by atoms with Gasteiger partial charge in [0.25, 0.3) is 11.6 Å². The molecule has 1 heterocycles. The van der Waals surface area contributed by atoms with Crippen LogP contribution in [0.15, 0.2) is 30.5 Å². The number of para-hydroxylation sites is 1. The standard InChI is InChI=1S/C15H16N4O5/c1-3-23-14-11(9-16-15(18-14)24-4-2)17-13(20)10-7-5-6-8-12(10)19(21)22/h5-9H,3-4H2,1-2H3,(H,17,20). The molecule has 0 atom stereocenters. The van der Waals surface area contributed by atoms with Crippen LogP contribution in [0.25, 0.3) is 0 Å². The molecular formula is C15H16N4O5. The fraction of sp³-hybridized carbons (Fsp3) is 0.267. The van der Waals surface area contributed by atoms with E-state index in [0.717, 1.165) is 0 Å². The van der Waals surface area contributed by atoms with E-state index in [1.807, 2.05) is 0 Å². The van der Waals surface area contributed by atoms with Crippen molar-refractivity contribution in [1.82, 2.24) is 9.97 Å². The molecule has 2 rings (SSSR count). The molecule has 9 heteroatoms. The van der Waals surface area contributed by atoms with Crippen molar-refractivity contribution < 1.29 is 19.2 Å². The number of rotatable bonds is 7. The summed E-state index contributed by atoms with van der Waals surface area (Å²) in [5, 5.41) is 13.6. The Labute approximate surface area is 137 Å². The van der Waals surface area contributed by atoms with Crippen molar-refractivity contribution in [2.75, 3.05) is 18.5 Å². The number of nitro groups is 1. The zero-order chi connectivity index (χ0) is 17.5. The van der Waals surface area contributed by atoms with Crippen LogP contribution in [-0.4, -0.2) is 34.0 Å². The zero-order valence-corrected chi connectivity index (χ0v) is 13.2. The largest absolute Gasteiger partial charge is 0.476 e. The first kappa shape index (κ1) is 17.1. The van der Waals surface area contributed by atoms with Gasteiger partial charge in [0.15, 0.2) is 0 Å². The van der Waals surface area contributed by atoms with Gasteiger partial charge in [-0.25, -0.2) is 4.98 Å². The average molecular weight is 332 g/mol. The van der Waals surface area contributed by atoms with E-state index in [2.05, 4.69) is 15.3 Å². The SMILES string of the molecule is CCOc1ncc(NC(=O)c2ccccc2[N+](=O)[O-])c(OCC)n1. The molecule has 0 fully saturated rings. The summed E-state index contributed by atoms with van der Waals surface area (Å²) in [6.07, 6.45) is 1.33. The number of nitrogens with one attached hydrogen (secondary N) is 1. The number of carbonyl (C=O) groups excluding carboxylic acids is 1. The van der Waals surface area contributed by atoms with Crippen molar-refractivity contribution in [2.45, 2.75) is 13.8 Å². The molecule has 0 aliphatic carbocycles. The number of anilines is 1. The van der Waals surface area contributed by atoms with Gasteiger partial charge in [-0.2, -0.15) is 4.98 Å². The molecule has 1 aromatic carbocycles. The number of hydrogen-bond donors (Lipinski definition) is 1. The Kier molecular flexibility index (Phi) is 5.61. The molecule has 0 aliphatic rings. The van der Waals surface area contributed by atoms with Gasteiger partial charge in [0, 0.05) is 6.07 Å². The van der Waals surface area contributed by atoms with Crippen LogP contribution in [0, 0.1) is 10.1 Å². The van der Waals surface area contributed by atoms with Gasteiger partial charge in [-0.1, -0.05) is 12.1 Å². The Balaban J connectivity index is 2.30. The topological polar surface area (TPSA) is 116 Å². The van der Waals surface area contributed by atoms with E-state index in [-0.39, 0.29) is 28.8 Å². The Bertz CT molecular complexity index is 750. The molecule has 0 saturated heterocycles. The number of ether oxygens (including phenoxy) is 2. The van der Waals surface area contributed by atoms with Gasteiger partial charge < -0.3 is 14.8 Å². The number of aromatic nitrogens is 2. The predicted molar refractivity (Wildman–Crippen MR) is 85.4 cm³/mol. The third kappa shape index (κ3) is 3.94. The summed E-state index contributed by atoms with van der Waals surface area (Å²) in [5.74, 6) is -0.529. The Morgan fingerprint density at radius 2 is 1.96 bits per heavy atom. The maximum Gasteiger partial charge on any atom is 0.319 e. The van der Waals surface area contributed by atoms with E-state index < -0.39 is 10.8 Å². The highest BCUT2D eigenvalue weighted by molar-refractivity contribution is 6.07. The summed E-state index contributed by atoms with van der Waals surface area (Å²) in [6, 6.07) is 5.77. The molecule has 24 heavy (non-hydrogen) atoms. The number of amides is 1. The van der Waals surface area contributed by atoms with Gasteiger partial charge in [-0.05, 0) is 19.9 Å². The molecule has 0 spiro atoms. The van der Waals surface area contributed by atoms with E-state index in [1.54, 1.807) is 19.9 Å². The van der Waals surface area contributed by atoms with Gasteiger partial charge in [0.05, 0.1) is 24.3 Å². The van der Waals surface area contributed by atoms with Gasteiger partial charge in [-0.15, -0.1) is 0 Å². The van der Waals surface area contributed by atoms with E-state index in [0.29, 0.717) is 13.2 Å². The smallest absolute Gasteiger partial charge is 0.319 e. The summed E-state index contributed by atoms with van der Waals surface area (Å²) in [4.78, 5) is 30.8. The third-order valence-electron chi connectivity index (χ3n) is 2.88.